The fraction of sp³-hybridized carbons (Fsp3) is 0.125. The summed E-state index contributed by atoms with van der Waals surface area (Å²) in [5.74, 6) is -0.486. The number of carboxylic acids is 1. The molecule has 0 unspecified atom stereocenters. The van der Waals surface area contributed by atoms with Crippen LogP contribution in [0.15, 0.2) is 27.3 Å². The minimum absolute atomic E-state index is 0.0773. The lowest BCUT2D eigenvalue weighted by atomic mass is 10.5. The van der Waals surface area contributed by atoms with Crippen LogP contribution in [0.25, 0.3) is 10.7 Å². The summed E-state index contributed by atoms with van der Waals surface area (Å²) in [7, 11) is 0. The molecule has 0 spiro atoms. The smallest absolute Gasteiger partial charge is 0.314 e. The first kappa shape index (κ1) is 10.2. The van der Waals surface area contributed by atoms with Crippen molar-refractivity contribution in [2.75, 3.05) is 5.75 Å². The highest BCUT2D eigenvalue weighted by molar-refractivity contribution is 7.99. The van der Waals surface area contributed by atoms with Gasteiger partial charge in [0.2, 0.25) is 5.82 Å². The molecule has 2 heterocycles. The lowest BCUT2D eigenvalue weighted by Gasteiger charge is -1.86. The number of thiophene rings is 1. The van der Waals surface area contributed by atoms with Crippen molar-refractivity contribution in [2.24, 2.45) is 0 Å². The van der Waals surface area contributed by atoms with Gasteiger partial charge in [-0.15, -0.1) is 11.3 Å². The zero-order valence-corrected chi connectivity index (χ0v) is 9.05. The quantitative estimate of drug-likeness (QED) is 0.826. The molecule has 78 valence electrons. The third-order valence-electron chi connectivity index (χ3n) is 1.47. The Morgan fingerprint density at radius 1 is 1.67 bits per heavy atom. The van der Waals surface area contributed by atoms with Gasteiger partial charge >= 0.3 is 5.97 Å². The molecule has 0 bridgehead atoms. The second kappa shape index (κ2) is 4.45. The molecule has 0 aromatic carbocycles. The summed E-state index contributed by atoms with van der Waals surface area (Å²) in [5, 5.41) is 14.4. The lowest BCUT2D eigenvalue weighted by molar-refractivity contribution is -0.133. The second-order valence-electron chi connectivity index (χ2n) is 2.54. The van der Waals surface area contributed by atoms with Crippen LogP contribution >= 0.6 is 23.1 Å². The topological polar surface area (TPSA) is 76.2 Å². The number of hydrogen-bond acceptors (Lipinski definition) is 6. The van der Waals surface area contributed by atoms with Gasteiger partial charge in [-0.3, -0.25) is 4.79 Å². The van der Waals surface area contributed by atoms with E-state index in [1.165, 1.54) is 11.3 Å². The number of carboxylic acid groups (broad SMARTS) is 1. The van der Waals surface area contributed by atoms with Crippen LogP contribution in [0.2, 0.25) is 0 Å². The zero-order valence-electron chi connectivity index (χ0n) is 7.41. The molecule has 2 rings (SSSR count). The number of rotatable bonds is 4. The van der Waals surface area contributed by atoms with Gasteiger partial charge in [-0.05, 0) is 11.4 Å². The molecule has 2 aromatic rings. The van der Waals surface area contributed by atoms with Crippen molar-refractivity contribution in [1.82, 2.24) is 10.1 Å². The molecule has 15 heavy (non-hydrogen) atoms. The van der Waals surface area contributed by atoms with Gasteiger partial charge < -0.3 is 9.63 Å². The van der Waals surface area contributed by atoms with Crippen molar-refractivity contribution in [2.45, 2.75) is 5.22 Å². The van der Waals surface area contributed by atoms with E-state index < -0.39 is 5.97 Å². The third-order valence-corrected chi connectivity index (χ3v) is 3.14. The van der Waals surface area contributed by atoms with Crippen molar-refractivity contribution in [3.8, 4) is 10.7 Å². The molecule has 0 aliphatic rings. The van der Waals surface area contributed by atoms with E-state index in [0.29, 0.717) is 5.82 Å². The van der Waals surface area contributed by atoms with Gasteiger partial charge in [-0.2, -0.15) is 4.98 Å². The highest BCUT2D eigenvalue weighted by Crippen LogP contribution is 2.24. The monoisotopic (exact) mass is 242 g/mol. The van der Waals surface area contributed by atoms with E-state index in [9.17, 15) is 4.79 Å². The van der Waals surface area contributed by atoms with Gasteiger partial charge in [-0.1, -0.05) is 23.0 Å². The Labute approximate surface area is 93.1 Å². The number of hydrogen-bond donors (Lipinski definition) is 1. The number of aromatic nitrogens is 2. The average molecular weight is 242 g/mol. The fourth-order valence-electron chi connectivity index (χ4n) is 0.898. The Bertz CT molecular complexity index is 452. The summed E-state index contributed by atoms with van der Waals surface area (Å²) >= 11 is 2.51. The highest BCUT2D eigenvalue weighted by Gasteiger charge is 2.10. The van der Waals surface area contributed by atoms with Crippen LogP contribution in [0.5, 0.6) is 0 Å². The number of aliphatic carboxylic acids is 1. The summed E-state index contributed by atoms with van der Waals surface area (Å²) in [6.45, 7) is 0. The second-order valence-corrected chi connectivity index (χ2v) is 4.42. The van der Waals surface area contributed by atoms with Crippen molar-refractivity contribution in [1.29, 1.82) is 0 Å². The van der Waals surface area contributed by atoms with Crippen LogP contribution in [0, 0.1) is 0 Å². The van der Waals surface area contributed by atoms with E-state index in [0.717, 1.165) is 16.6 Å². The van der Waals surface area contributed by atoms with E-state index in [4.69, 9.17) is 9.63 Å². The number of nitrogens with zero attached hydrogens (tertiary/aromatic N) is 2. The van der Waals surface area contributed by atoms with Crippen LogP contribution in [0.3, 0.4) is 0 Å². The number of carbonyl (C=O) groups is 1. The van der Waals surface area contributed by atoms with Crippen LogP contribution in [0.4, 0.5) is 0 Å². The van der Waals surface area contributed by atoms with E-state index in [1.54, 1.807) is 0 Å². The summed E-state index contributed by atoms with van der Waals surface area (Å²) in [6, 6.07) is 3.77. The molecule has 7 heteroatoms. The van der Waals surface area contributed by atoms with Crippen molar-refractivity contribution in [3.05, 3.63) is 17.5 Å². The Morgan fingerprint density at radius 3 is 3.20 bits per heavy atom. The molecule has 0 aliphatic carbocycles. The van der Waals surface area contributed by atoms with Crippen molar-refractivity contribution in [3.63, 3.8) is 0 Å². The first-order valence-electron chi connectivity index (χ1n) is 3.98. The van der Waals surface area contributed by atoms with Crippen LogP contribution in [0.1, 0.15) is 0 Å². The molecule has 5 nitrogen and oxygen atoms in total. The summed E-state index contributed by atoms with van der Waals surface area (Å²) in [5.41, 5.74) is 0. The minimum atomic E-state index is -0.907. The van der Waals surface area contributed by atoms with Crippen molar-refractivity contribution < 1.29 is 14.4 Å². The molecule has 0 atom stereocenters. The van der Waals surface area contributed by atoms with E-state index in [-0.39, 0.29) is 11.0 Å². The first-order valence-corrected chi connectivity index (χ1v) is 5.84. The predicted octanol–water partition coefficient (Wildman–Crippen LogP) is 1.97. The van der Waals surface area contributed by atoms with Gasteiger partial charge in [0.25, 0.3) is 5.22 Å². The standard InChI is InChI=1S/C8H6N2O3S2/c11-6(12)4-15-8-9-7(10-13-8)5-2-1-3-14-5/h1-3H,4H2,(H,11,12). The zero-order chi connectivity index (χ0) is 10.7. The predicted molar refractivity (Wildman–Crippen MR) is 56.0 cm³/mol. The Kier molecular flexibility index (Phi) is 3.02. The molecule has 2 aromatic heterocycles. The van der Waals surface area contributed by atoms with Gasteiger partial charge in [-0.25, -0.2) is 0 Å². The largest absolute Gasteiger partial charge is 0.481 e. The summed E-state index contributed by atoms with van der Waals surface area (Å²) in [6.07, 6.45) is 0. The van der Waals surface area contributed by atoms with Gasteiger partial charge in [0.15, 0.2) is 0 Å². The lowest BCUT2D eigenvalue weighted by Crippen LogP contribution is -1.97. The summed E-state index contributed by atoms with van der Waals surface area (Å²) in [4.78, 5) is 15.3. The first-order chi connectivity index (χ1) is 7.25. The molecule has 0 saturated carbocycles. The maximum absolute atomic E-state index is 10.3. The van der Waals surface area contributed by atoms with Crippen molar-refractivity contribution >= 4 is 29.1 Å². The summed E-state index contributed by atoms with van der Waals surface area (Å²) < 4.78 is 4.88. The van der Waals surface area contributed by atoms with Gasteiger partial charge in [0.05, 0.1) is 4.88 Å². The Hall–Kier alpha value is -1.34. The Morgan fingerprint density at radius 2 is 2.53 bits per heavy atom. The maximum atomic E-state index is 10.3. The van der Waals surface area contributed by atoms with E-state index in [2.05, 4.69) is 10.1 Å². The molecule has 1 N–H and O–H groups in total. The Balaban J connectivity index is 2.08. The van der Waals surface area contributed by atoms with Crippen LogP contribution in [-0.2, 0) is 4.79 Å². The fourth-order valence-corrected chi connectivity index (χ4v) is 2.03. The molecular formula is C8H6N2O3S2. The average Bonchev–Trinajstić information content (AvgIpc) is 2.85. The van der Waals surface area contributed by atoms with E-state index >= 15 is 0 Å². The minimum Gasteiger partial charge on any atom is -0.481 e. The van der Waals surface area contributed by atoms with Crippen LogP contribution in [-0.4, -0.2) is 27.0 Å². The molecule has 0 amide bonds. The maximum Gasteiger partial charge on any atom is 0.314 e. The van der Waals surface area contributed by atoms with Crippen LogP contribution < -0.4 is 0 Å². The van der Waals surface area contributed by atoms with Gasteiger partial charge in [0.1, 0.15) is 5.75 Å². The molecular weight excluding hydrogens is 236 g/mol. The molecule has 0 fully saturated rings. The molecule has 0 saturated heterocycles. The molecule has 0 aliphatic heterocycles. The van der Waals surface area contributed by atoms with Gasteiger partial charge in [0, 0.05) is 0 Å². The van der Waals surface area contributed by atoms with E-state index in [1.807, 2.05) is 17.5 Å². The highest BCUT2D eigenvalue weighted by atomic mass is 32.2. The normalized spacial score (nSPS) is 10.4. The number of thioether (sulfide) groups is 1. The third kappa shape index (κ3) is 2.57. The molecule has 0 radical (unpaired) electrons. The SMILES string of the molecule is O=C(O)CSc1nc(-c2cccs2)no1.